The number of anilines is 2. The highest BCUT2D eigenvalue weighted by molar-refractivity contribution is 5.92. The Morgan fingerprint density at radius 2 is 1.90 bits per heavy atom. The van der Waals surface area contributed by atoms with Gasteiger partial charge in [0, 0.05) is 29.4 Å². The topological polar surface area (TPSA) is 99.0 Å². The monoisotopic (exact) mass is 417 g/mol. The molecule has 6 heteroatoms. The lowest BCUT2D eigenvalue weighted by atomic mass is 10.0. The molecule has 0 atom stereocenters. The number of rotatable bonds is 7. The van der Waals surface area contributed by atoms with Crippen LogP contribution in [0.5, 0.6) is 0 Å². The Balaban J connectivity index is 1.45. The standard InChI is InChI=1S/C25H31N5O/c1-15(2)30-25(27)22(14-26)24(29-30)19-6-4-17(5-7-19)13-23(31)28-20-10-11-21(16(3)12-20)18-8-9-18/h4-7,10-12,15,18H,8-9,13-14,26-27H2,1-3H3,(H,28,31). The van der Waals surface area contributed by atoms with Gasteiger partial charge in [-0.25, -0.2) is 4.68 Å². The van der Waals surface area contributed by atoms with Gasteiger partial charge in [0.1, 0.15) is 5.82 Å². The first kappa shape index (κ1) is 21.1. The molecule has 5 N–H and O–H groups in total. The van der Waals surface area contributed by atoms with Crippen molar-refractivity contribution in [1.29, 1.82) is 0 Å². The molecule has 1 aliphatic carbocycles. The van der Waals surface area contributed by atoms with Crippen molar-refractivity contribution in [1.82, 2.24) is 9.78 Å². The number of nitrogens with two attached hydrogens (primary N) is 2. The number of nitrogens with one attached hydrogen (secondary N) is 1. The van der Waals surface area contributed by atoms with E-state index in [1.807, 2.05) is 44.2 Å². The molecule has 0 aliphatic heterocycles. The number of aromatic nitrogens is 2. The number of carbonyl (C=O) groups excluding carboxylic acids is 1. The Morgan fingerprint density at radius 3 is 2.48 bits per heavy atom. The maximum absolute atomic E-state index is 12.5. The highest BCUT2D eigenvalue weighted by atomic mass is 16.1. The largest absolute Gasteiger partial charge is 0.384 e. The van der Waals surface area contributed by atoms with Crippen molar-refractivity contribution in [3.05, 3.63) is 64.7 Å². The molecule has 1 heterocycles. The smallest absolute Gasteiger partial charge is 0.228 e. The summed E-state index contributed by atoms with van der Waals surface area (Å²) in [6.45, 7) is 6.52. The van der Waals surface area contributed by atoms with Gasteiger partial charge < -0.3 is 16.8 Å². The number of nitrogen functional groups attached to an aromatic ring is 1. The van der Waals surface area contributed by atoms with Crippen LogP contribution in [0.25, 0.3) is 11.3 Å². The summed E-state index contributed by atoms with van der Waals surface area (Å²) in [5, 5.41) is 7.68. The van der Waals surface area contributed by atoms with Crippen molar-refractivity contribution in [2.24, 2.45) is 5.73 Å². The van der Waals surface area contributed by atoms with Crippen LogP contribution in [0, 0.1) is 6.92 Å². The van der Waals surface area contributed by atoms with Gasteiger partial charge in [0.25, 0.3) is 0 Å². The Hall–Kier alpha value is -3.12. The lowest BCUT2D eigenvalue weighted by molar-refractivity contribution is -0.115. The zero-order valence-electron chi connectivity index (χ0n) is 18.5. The summed E-state index contributed by atoms with van der Waals surface area (Å²) in [5.41, 5.74) is 19.2. The van der Waals surface area contributed by atoms with Gasteiger partial charge in [-0.05, 0) is 68.4 Å². The minimum absolute atomic E-state index is 0.0256. The second-order valence-corrected chi connectivity index (χ2v) is 8.72. The minimum atomic E-state index is -0.0256. The van der Waals surface area contributed by atoms with Crippen LogP contribution in [-0.4, -0.2) is 15.7 Å². The maximum Gasteiger partial charge on any atom is 0.228 e. The number of hydrogen-bond donors (Lipinski definition) is 3. The molecule has 1 saturated carbocycles. The summed E-state index contributed by atoms with van der Waals surface area (Å²) >= 11 is 0. The van der Waals surface area contributed by atoms with Crippen molar-refractivity contribution < 1.29 is 4.79 Å². The first-order valence-corrected chi connectivity index (χ1v) is 10.9. The molecule has 0 bridgehead atoms. The quantitative estimate of drug-likeness (QED) is 0.525. The lowest BCUT2D eigenvalue weighted by Gasteiger charge is -2.10. The number of carbonyl (C=O) groups is 1. The third-order valence-electron chi connectivity index (χ3n) is 5.91. The fourth-order valence-corrected chi connectivity index (χ4v) is 4.09. The summed E-state index contributed by atoms with van der Waals surface area (Å²) in [6.07, 6.45) is 2.87. The van der Waals surface area contributed by atoms with Crippen LogP contribution < -0.4 is 16.8 Å². The molecule has 3 aromatic rings. The van der Waals surface area contributed by atoms with Gasteiger partial charge >= 0.3 is 0 Å². The Kier molecular flexibility index (Phi) is 5.83. The number of benzene rings is 2. The van der Waals surface area contributed by atoms with Crippen LogP contribution in [0.4, 0.5) is 11.5 Å². The second-order valence-electron chi connectivity index (χ2n) is 8.72. The lowest BCUT2D eigenvalue weighted by Crippen LogP contribution is -2.14. The summed E-state index contributed by atoms with van der Waals surface area (Å²) in [7, 11) is 0. The van der Waals surface area contributed by atoms with Crippen LogP contribution in [0.2, 0.25) is 0 Å². The van der Waals surface area contributed by atoms with Crippen LogP contribution >= 0.6 is 0 Å². The van der Waals surface area contributed by atoms with Gasteiger partial charge in [-0.1, -0.05) is 30.3 Å². The van der Waals surface area contributed by atoms with E-state index in [2.05, 4.69) is 29.5 Å². The molecule has 162 valence electrons. The van der Waals surface area contributed by atoms with E-state index in [9.17, 15) is 4.79 Å². The summed E-state index contributed by atoms with van der Waals surface area (Å²) < 4.78 is 1.80. The van der Waals surface area contributed by atoms with E-state index in [-0.39, 0.29) is 11.9 Å². The predicted octanol–water partition coefficient (Wildman–Crippen LogP) is 4.54. The second kappa shape index (κ2) is 8.55. The van der Waals surface area contributed by atoms with Crippen molar-refractivity contribution >= 4 is 17.4 Å². The van der Waals surface area contributed by atoms with Gasteiger partial charge in [-0.3, -0.25) is 4.79 Å². The van der Waals surface area contributed by atoms with Crippen molar-refractivity contribution in [3.63, 3.8) is 0 Å². The first-order valence-electron chi connectivity index (χ1n) is 10.9. The zero-order chi connectivity index (χ0) is 22.1. The third kappa shape index (κ3) is 4.49. The maximum atomic E-state index is 12.5. The zero-order valence-corrected chi connectivity index (χ0v) is 18.5. The highest BCUT2D eigenvalue weighted by Gasteiger charge is 2.25. The third-order valence-corrected chi connectivity index (χ3v) is 5.91. The summed E-state index contributed by atoms with van der Waals surface area (Å²) in [6, 6.07) is 14.2. The van der Waals surface area contributed by atoms with E-state index in [4.69, 9.17) is 11.5 Å². The van der Waals surface area contributed by atoms with Crippen molar-refractivity contribution in [2.45, 2.75) is 58.5 Å². The van der Waals surface area contributed by atoms with E-state index >= 15 is 0 Å². The van der Waals surface area contributed by atoms with Crippen LogP contribution in [0.15, 0.2) is 42.5 Å². The predicted molar refractivity (Wildman–Crippen MR) is 126 cm³/mol. The molecule has 4 rings (SSSR count). The van der Waals surface area contributed by atoms with E-state index in [1.54, 1.807) is 4.68 Å². The molecule has 1 amide bonds. The molecule has 0 unspecified atom stereocenters. The molecule has 31 heavy (non-hydrogen) atoms. The minimum Gasteiger partial charge on any atom is -0.384 e. The van der Waals surface area contributed by atoms with Crippen LogP contribution in [0.3, 0.4) is 0 Å². The SMILES string of the molecule is Cc1cc(NC(=O)Cc2ccc(-c3nn(C(C)C)c(N)c3CN)cc2)ccc1C1CC1. The molecule has 1 fully saturated rings. The molecule has 0 spiro atoms. The molecule has 0 saturated heterocycles. The molecular formula is C25H31N5O. The average molecular weight is 418 g/mol. The Morgan fingerprint density at radius 1 is 1.19 bits per heavy atom. The fourth-order valence-electron chi connectivity index (χ4n) is 4.09. The van der Waals surface area contributed by atoms with Gasteiger partial charge in [-0.2, -0.15) is 5.10 Å². The van der Waals surface area contributed by atoms with E-state index in [1.165, 1.54) is 24.0 Å². The van der Waals surface area contributed by atoms with Crippen molar-refractivity contribution in [3.8, 4) is 11.3 Å². The fraction of sp³-hybridized carbons (Fsp3) is 0.360. The normalized spacial score (nSPS) is 13.6. The molecule has 0 radical (unpaired) electrons. The Bertz CT molecular complexity index is 1090. The number of nitrogens with zero attached hydrogens (tertiary/aromatic N) is 2. The average Bonchev–Trinajstić information content (AvgIpc) is 3.51. The van der Waals surface area contributed by atoms with Gasteiger partial charge in [-0.15, -0.1) is 0 Å². The molecule has 1 aliphatic rings. The molecular weight excluding hydrogens is 386 g/mol. The van der Waals surface area contributed by atoms with E-state index in [0.29, 0.717) is 24.7 Å². The highest BCUT2D eigenvalue weighted by Crippen LogP contribution is 2.42. The van der Waals surface area contributed by atoms with Gasteiger partial charge in [0.05, 0.1) is 12.1 Å². The summed E-state index contributed by atoms with van der Waals surface area (Å²) in [5.74, 6) is 1.30. The number of amides is 1. The van der Waals surface area contributed by atoms with Gasteiger partial charge in [0.2, 0.25) is 5.91 Å². The first-order chi connectivity index (χ1) is 14.9. The van der Waals surface area contributed by atoms with Gasteiger partial charge in [0.15, 0.2) is 0 Å². The number of aryl methyl sites for hydroxylation is 1. The Labute approximate surface area is 183 Å². The van der Waals surface area contributed by atoms with Crippen LogP contribution in [0.1, 0.15) is 60.9 Å². The van der Waals surface area contributed by atoms with E-state index < -0.39 is 0 Å². The molecule has 2 aromatic carbocycles. The summed E-state index contributed by atoms with van der Waals surface area (Å²) in [4.78, 5) is 12.5. The van der Waals surface area contributed by atoms with Crippen LogP contribution in [-0.2, 0) is 17.8 Å². The number of hydrogen-bond acceptors (Lipinski definition) is 4. The molecule has 6 nitrogen and oxygen atoms in total. The van der Waals surface area contributed by atoms with E-state index in [0.717, 1.165) is 28.1 Å². The molecule has 1 aromatic heterocycles. The van der Waals surface area contributed by atoms with Crippen molar-refractivity contribution in [2.75, 3.05) is 11.1 Å².